The molecule has 0 saturated carbocycles. The van der Waals surface area contributed by atoms with Crippen molar-refractivity contribution < 1.29 is 4.92 Å². The number of rotatable bonds is 3. The summed E-state index contributed by atoms with van der Waals surface area (Å²) in [4.78, 5) is 12.7. The van der Waals surface area contributed by atoms with Crippen LogP contribution in [0.4, 0.5) is 17.1 Å². The average Bonchev–Trinajstić information content (AvgIpc) is 2.38. The lowest BCUT2D eigenvalue weighted by Gasteiger charge is -2.35. The van der Waals surface area contributed by atoms with Crippen molar-refractivity contribution in [2.75, 3.05) is 28.4 Å². The van der Waals surface area contributed by atoms with Crippen molar-refractivity contribution in [3.8, 4) is 0 Å². The normalized spacial score (nSPS) is 19.7. The Bertz CT molecular complexity index is 455. The lowest BCUT2D eigenvalue weighted by atomic mass is 10.2. The van der Waals surface area contributed by atoms with E-state index in [1.165, 1.54) is 6.07 Å². The molecule has 1 fully saturated rings. The lowest BCUT2D eigenvalue weighted by molar-refractivity contribution is -0.384. The molecule has 1 saturated heterocycles. The van der Waals surface area contributed by atoms with Gasteiger partial charge in [0.2, 0.25) is 0 Å². The number of thioether (sulfide) groups is 1. The molecule has 1 aliphatic rings. The SMILES string of the molecule is CC1CSCCN1c1cc(NN)cc([N+](=O)[O-])c1. The highest BCUT2D eigenvalue weighted by Crippen LogP contribution is 2.30. The van der Waals surface area contributed by atoms with Crippen LogP contribution in [-0.2, 0) is 0 Å². The van der Waals surface area contributed by atoms with Crippen LogP contribution in [0, 0.1) is 10.1 Å². The third-order valence-electron chi connectivity index (χ3n) is 2.98. The van der Waals surface area contributed by atoms with Crippen LogP contribution in [0.25, 0.3) is 0 Å². The molecule has 3 N–H and O–H groups in total. The van der Waals surface area contributed by atoms with Crippen LogP contribution in [0.1, 0.15) is 6.92 Å². The summed E-state index contributed by atoms with van der Waals surface area (Å²) in [5.41, 5.74) is 3.95. The monoisotopic (exact) mass is 268 g/mol. The fourth-order valence-corrected chi connectivity index (χ4v) is 3.07. The quantitative estimate of drug-likeness (QED) is 0.494. The standard InChI is InChI=1S/C11H16N4O2S/c1-8-7-18-3-2-14(8)10-4-9(13-12)5-11(6-10)15(16)17/h4-6,8,13H,2-3,7,12H2,1H3. The molecule has 1 unspecified atom stereocenters. The van der Waals surface area contributed by atoms with Gasteiger partial charge in [0.25, 0.3) is 5.69 Å². The number of anilines is 2. The fourth-order valence-electron chi connectivity index (χ4n) is 2.06. The van der Waals surface area contributed by atoms with Crippen molar-refractivity contribution in [1.29, 1.82) is 0 Å². The molecule has 6 nitrogen and oxygen atoms in total. The highest BCUT2D eigenvalue weighted by atomic mass is 32.2. The molecule has 0 radical (unpaired) electrons. The largest absolute Gasteiger partial charge is 0.367 e. The van der Waals surface area contributed by atoms with Crippen LogP contribution >= 0.6 is 11.8 Å². The Morgan fingerprint density at radius 1 is 1.56 bits per heavy atom. The summed E-state index contributed by atoms with van der Waals surface area (Å²) >= 11 is 1.91. The topological polar surface area (TPSA) is 84.4 Å². The number of benzene rings is 1. The van der Waals surface area contributed by atoms with Crippen LogP contribution in [-0.4, -0.2) is 29.0 Å². The van der Waals surface area contributed by atoms with Crippen LogP contribution in [0.5, 0.6) is 0 Å². The fraction of sp³-hybridized carbons (Fsp3) is 0.455. The van der Waals surface area contributed by atoms with E-state index in [1.807, 2.05) is 17.8 Å². The zero-order chi connectivity index (χ0) is 13.1. The number of hydrogen-bond acceptors (Lipinski definition) is 6. The van der Waals surface area contributed by atoms with Gasteiger partial charge in [0.1, 0.15) is 0 Å². The van der Waals surface area contributed by atoms with Gasteiger partial charge in [0, 0.05) is 41.9 Å². The van der Waals surface area contributed by atoms with Gasteiger partial charge in [-0.3, -0.25) is 16.0 Å². The van der Waals surface area contributed by atoms with Crippen molar-refractivity contribution in [1.82, 2.24) is 0 Å². The third-order valence-corrected chi connectivity index (χ3v) is 4.17. The van der Waals surface area contributed by atoms with Gasteiger partial charge in [0.15, 0.2) is 0 Å². The van der Waals surface area contributed by atoms with E-state index < -0.39 is 4.92 Å². The van der Waals surface area contributed by atoms with E-state index in [9.17, 15) is 10.1 Å². The molecule has 18 heavy (non-hydrogen) atoms. The van der Waals surface area contributed by atoms with Gasteiger partial charge in [-0.25, -0.2) is 0 Å². The summed E-state index contributed by atoms with van der Waals surface area (Å²) in [6, 6.07) is 5.26. The van der Waals surface area contributed by atoms with Crippen molar-refractivity contribution in [2.24, 2.45) is 5.84 Å². The summed E-state index contributed by atoms with van der Waals surface area (Å²) in [6.45, 7) is 3.03. The number of hydrazine groups is 1. The minimum Gasteiger partial charge on any atom is -0.367 e. The maximum atomic E-state index is 10.9. The highest BCUT2D eigenvalue weighted by Gasteiger charge is 2.21. The molecular weight excluding hydrogens is 252 g/mol. The van der Waals surface area contributed by atoms with Crippen molar-refractivity contribution in [2.45, 2.75) is 13.0 Å². The minimum absolute atomic E-state index is 0.0610. The molecule has 0 amide bonds. The lowest BCUT2D eigenvalue weighted by Crippen LogP contribution is -2.40. The van der Waals surface area contributed by atoms with Gasteiger partial charge < -0.3 is 10.3 Å². The molecule has 7 heteroatoms. The first-order chi connectivity index (χ1) is 8.61. The van der Waals surface area contributed by atoms with E-state index >= 15 is 0 Å². The molecule has 0 spiro atoms. The number of hydrogen-bond donors (Lipinski definition) is 2. The summed E-state index contributed by atoms with van der Waals surface area (Å²) in [7, 11) is 0. The highest BCUT2D eigenvalue weighted by molar-refractivity contribution is 7.99. The predicted molar refractivity (Wildman–Crippen MR) is 75.0 cm³/mol. The Balaban J connectivity index is 2.36. The molecule has 1 aromatic rings. The zero-order valence-electron chi connectivity index (χ0n) is 10.1. The van der Waals surface area contributed by atoms with E-state index in [0.717, 1.165) is 23.7 Å². The van der Waals surface area contributed by atoms with E-state index in [-0.39, 0.29) is 5.69 Å². The first-order valence-corrected chi connectivity index (χ1v) is 6.88. The molecule has 2 rings (SSSR count). The van der Waals surface area contributed by atoms with Crippen molar-refractivity contribution in [3.63, 3.8) is 0 Å². The number of nitrogens with one attached hydrogen (secondary N) is 1. The van der Waals surface area contributed by atoms with Crippen molar-refractivity contribution >= 4 is 28.8 Å². The molecule has 0 bridgehead atoms. The number of nitrogen functional groups attached to an aromatic ring is 1. The summed E-state index contributed by atoms with van der Waals surface area (Å²) in [5, 5.41) is 10.9. The van der Waals surface area contributed by atoms with E-state index in [1.54, 1.807) is 6.07 Å². The van der Waals surface area contributed by atoms with Gasteiger partial charge in [-0.15, -0.1) is 0 Å². The molecule has 1 aromatic carbocycles. The molecule has 1 heterocycles. The summed E-state index contributed by atoms with van der Waals surface area (Å²) in [5.74, 6) is 7.43. The molecule has 1 aliphatic heterocycles. The molecular formula is C11H16N4O2S. The number of nitro benzene ring substituents is 1. The smallest absolute Gasteiger partial charge is 0.273 e. The number of non-ortho nitro benzene ring substituents is 1. The van der Waals surface area contributed by atoms with Crippen molar-refractivity contribution in [3.05, 3.63) is 28.3 Å². The minimum atomic E-state index is -0.395. The van der Waals surface area contributed by atoms with Crippen LogP contribution < -0.4 is 16.2 Å². The van der Waals surface area contributed by atoms with E-state index in [2.05, 4.69) is 17.2 Å². The van der Waals surface area contributed by atoms with Gasteiger partial charge in [-0.05, 0) is 13.0 Å². The second kappa shape index (κ2) is 5.45. The van der Waals surface area contributed by atoms with E-state index in [4.69, 9.17) is 5.84 Å². The Hall–Kier alpha value is -1.47. The second-order valence-electron chi connectivity index (χ2n) is 4.26. The van der Waals surface area contributed by atoms with Crippen LogP contribution in [0.15, 0.2) is 18.2 Å². The van der Waals surface area contributed by atoms with E-state index in [0.29, 0.717) is 11.7 Å². The number of nitrogens with two attached hydrogens (primary N) is 1. The zero-order valence-corrected chi connectivity index (χ0v) is 10.9. The van der Waals surface area contributed by atoms with Crippen LogP contribution in [0.2, 0.25) is 0 Å². The summed E-state index contributed by atoms with van der Waals surface area (Å²) < 4.78 is 0. The Labute approximate surface area is 110 Å². The predicted octanol–water partition coefficient (Wildman–Crippen LogP) is 1.82. The average molecular weight is 268 g/mol. The Morgan fingerprint density at radius 2 is 2.33 bits per heavy atom. The van der Waals surface area contributed by atoms with Gasteiger partial charge in [-0.2, -0.15) is 11.8 Å². The third kappa shape index (κ3) is 2.68. The number of nitro groups is 1. The van der Waals surface area contributed by atoms with Crippen LogP contribution in [0.3, 0.4) is 0 Å². The molecule has 0 aromatic heterocycles. The van der Waals surface area contributed by atoms with Gasteiger partial charge >= 0.3 is 0 Å². The van der Waals surface area contributed by atoms with Gasteiger partial charge in [0.05, 0.1) is 10.6 Å². The first-order valence-electron chi connectivity index (χ1n) is 5.72. The molecule has 1 atom stereocenters. The maximum Gasteiger partial charge on any atom is 0.273 e. The Morgan fingerprint density at radius 3 is 2.94 bits per heavy atom. The first kappa shape index (κ1) is 13.0. The molecule has 98 valence electrons. The maximum absolute atomic E-state index is 10.9. The number of nitrogens with zero attached hydrogens (tertiary/aromatic N) is 2. The second-order valence-corrected chi connectivity index (χ2v) is 5.41. The Kier molecular flexibility index (Phi) is 3.93. The van der Waals surface area contributed by atoms with Gasteiger partial charge in [-0.1, -0.05) is 0 Å². The summed E-state index contributed by atoms with van der Waals surface area (Å²) in [6.07, 6.45) is 0. The molecule has 0 aliphatic carbocycles.